The first-order chi connectivity index (χ1) is 12.0. The zero-order valence-corrected chi connectivity index (χ0v) is 14.5. The quantitative estimate of drug-likeness (QED) is 0.0883. The number of ether oxygens (including phenoxy) is 1. The Hall–Kier alpha value is -1.15. The molecule has 1 aliphatic rings. The summed E-state index contributed by atoms with van der Waals surface area (Å²) in [5.74, 6) is -3.20. The zero-order valence-electron chi connectivity index (χ0n) is 13.6. The predicted molar refractivity (Wildman–Crippen MR) is 82.5 cm³/mol. The third-order valence-corrected chi connectivity index (χ3v) is 4.04. The van der Waals surface area contributed by atoms with Crippen LogP contribution in [0.25, 0.3) is 10.4 Å². The Morgan fingerprint density at radius 2 is 2.15 bits per heavy atom. The molecule has 0 aromatic carbocycles. The van der Waals surface area contributed by atoms with Crippen LogP contribution in [0, 0.1) is 0 Å². The van der Waals surface area contributed by atoms with Crippen molar-refractivity contribution in [1.29, 1.82) is 0 Å². The van der Waals surface area contributed by atoms with E-state index in [9.17, 15) is 25.2 Å². The van der Waals surface area contributed by atoms with Gasteiger partial charge in [0.05, 0.1) is 12.7 Å². The van der Waals surface area contributed by atoms with Crippen molar-refractivity contribution >= 4 is 14.5 Å². The Bertz CT molecular complexity index is 549. The number of carbonyl (C=O) groups excluding carboxylic acids is 1. The van der Waals surface area contributed by atoms with Crippen LogP contribution in [0.5, 0.6) is 0 Å². The van der Waals surface area contributed by atoms with Gasteiger partial charge in [-0.2, -0.15) is 0 Å². The van der Waals surface area contributed by atoms with Crippen molar-refractivity contribution < 1.29 is 49.4 Å². The summed E-state index contributed by atoms with van der Waals surface area (Å²) in [4.78, 5) is 31.6. The first-order valence-electron chi connectivity index (χ1n) is 7.22. The monoisotopic (exact) mass is 400 g/mol. The van der Waals surface area contributed by atoms with Gasteiger partial charge in [-0.05, 0) is 5.53 Å². The first kappa shape index (κ1) is 22.9. The highest BCUT2D eigenvalue weighted by atomic mass is 31.2. The number of nitrogens with zero attached hydrogens (tertiary/aromatic N) is 3. The normalized spacial score (nSPS) is 34.0. The third-order valence-electron chi connectivity index (χ3n) is 3.68. The smallest absolute Gasteiger partial charge is 0.327 e. The van der Waals surface area contributed by atoms with E-state index in [0.717, 1.165) is 6.92 Å². The molecule has 15 heteroatoms. The van der Waals surface area contributed by atoms with E-state index in [1.165, 1.54) is 0 Å². The second kappa shape index (κ2) is 9.17. The van der Waals surface area contributed by atoms with Gasteiger partial charge < -0.3 is 49.9 Å². The summed E-state index contributed by atoms with van der Waals surface area (Å²) in [6.45, 7) is -0.813. The molecule has 1 fully saturated rings. The van der Waals surface area contributed by atoms with Crippen molar-refractivity contribution in [1.82, 2.24) is 5.32 Å². The first-order valence-corrected chi connectivity index (χ1v) is 8.39. The summed E-state index contributed by atoms with van der Waals surface area (Å²) in [6.07, 6.45) is -8.41. The van der Waals surface area contributed by atoms with Gasteiger partial charge in [0.1, 0.15) is 24.9 Å². The van der Waals surface area contributed by atoms with Gasteiger partial charge in [0.25, 0.3) is 0 Å². The van der Waals surface area contributed by atoms with E-state index in [4.69, 9.17) is 25.2 Å². The molecule has 0 unspecified atom stereocenters. The molecular formula is C11H21N4O10P. The molecule has 26 heavy (non-hydrogen) atoms. The maximum Gasteiger partial charge on any atom is 0.327 e. The van der Waals surface area contributed by atoms with Gasteiger partial charge in [0, 0.05) is 18.3 Å². The van der Waals surface area contributed by atoms with Gasteiger partial charge in [-0.3, -0.25) is 4.79 Å². The lowest BCUT2D eigenvalue weighted by molar-refractivity contribution is -0.326. The lowest BCUT2D eigenvalue weighted by Gasteiger charge is -2.51. The number of aliphatic hydroxyl groups excluding tert-OH is 4. The molecule has 6 atom stereocenters. The number of hydrogen-bond donors (Lipinski definition) is 8. The second-order valence-electron chi connectivity index (χ2n) is 5.67. The molecular weight excluding hydrogens is 379 g/mol. The van der Waals surface area contributed by atoms with E-state index in [2.05, 4.69) is 19.9 Å². The van der Waals surface area contributed by atoms with Crippen LogP contribution in [0.3, 0.4) is 0 Å². The minimum Gasteiger partial charge on any atom is -0.394 e. The number of aliphatic hydroxyl groups is 5. The fourth-order valence-corrected chi connectivity index (χ4v) is 2.89. The van der Waals surface area contributed by atoms with Crippen LogP contribution in [0.15, 0.2) is 5.11 Å². The molecule has 0 aromatic heterocycles. The molecule has 8 N–H and O–H groups in total. The number of nitrogens with one attached hydrogen (secondary N) is 1. The zero-order chi connectivity index (χ0) is 20.1. The Morgan fingerprint density at radius 1 is 1.54 bits per heavy atom. The summed E-state index contributed by atoms with van der Waals surface area (Å²) in [6, 6.07) is 0. The maximum absolute atomic E-state index is 11.5. The van der Waals surface area contributed by atoms with Gasteiger partial charge in [-0.1, -0.05) is 5.11 Å². The van der Waals surface area contributed by atoms with Gasteiger partial charge in [-0.25, -0.2) is 0 Å². The van der Waals surface area contributed by atoms with E-state index < -0.39 is 70.0 Å². The highest BCUT2D eigenvalue weighted by Crippen LogP contribution is 2.39. The van der Waals surface area contributed by atoms with E-state index in [1.807, 2.05) is 0 Å². The summed E-state index contributed by atoms with van der Waals surface area (Å²) in [7, 11) is -2.89. The van der Waals surface area contributed by atoms with Gasteiger partial charge in [-0.15, -0.1) is 0 Å². The Balaban J connectivity index is 3.34. The van der Waals surface area contributed by atoms with Crippen LogP contribution in [0.4, 0.5) is 0 Å². The minimum absolute atomic E-state index is 0.728. The molecule has 0 aromatic rings. The average molecular weight is 400 g/mol. The summed E-state index contributed by atoms with van der Waals surface area (Å²) >= 11 is 0. The van der Waals surface area contributed by atoms with Gasteiger partial charge in [0.2, 0.25) is 5.91 Å². The highest BCUT2D eigenvalue weighted by molar-refractivity contribution is 7.39. The van der Waals surface area contributed by atoms with Crippen LogP contribution >= 0.6 is 8.60 Å². The number of hydrogen-bond acceptors (Lipinski definition) is 11. The highest BCUT2D eigenvalue weighted by Gasteiger charge is 2.59. The molecule has 1 saturated heterocycles. The largest absolute Gasteiger partial charge is 0.394 e. The van der Waals surface area contributed by atoms with Crippen molar-refractivity contribution in [2.24, 2.45) is 5.11 Å². The molecule has 0 saturated carbocycles. The van der Waals surface area contributed by atoms with Crippen LogP contribution in [-0.4, -0.2) is 90.3 Å². The van der Waals surface area contributed by atoms with Crippen molar-refractivity contribution in [3.63, 3.8) is 0 Å². The van der Waals surface area contributed by atoms with Crippen molar-refractivity contribution in [3.8, 4) is 0 Å². The minimum atomic E-state index is -2.89. The third kappa shape index (κ3) is 5.19. The van der Waals surface area contributed by atoms with Gasteiger partial charge in [0.15, 0.2) is 11.4 Å². The van der Waals surface area contributed by atoms with Crippen LogP contribution in [0.2, 0.25) is 0 Å². The Kier molecular flexibility index (Phi) is 8.07. The molecule has 1 heterocycles. The molecule has 0 spiro atoms. The molecule has 0 radical (unpaired) electrons. The van der Waals surface area contributed by atoms with Crippen molar-refractivity contribution in [2.75, 3.05) is 13.2 Å². The number of amides is 1. The number of carbonyl (C=O) groups is 1. The average Bonchev–Trinajstić information content (AvgIpc) is 2.55. The van der Waals surface area contributed by atoms with Crippen LogP contribution in [0.1, 0.15) is 13.3 Å². The fourth-order valence-electron chi connectivity index (χ4n) is 2.57. The SMILES string of the molecule is CC(=O)N[C@]1(N=[N+]=[N-])[C@@H](O)C[C@@](O)(COP(O)O)O[C@H]1[C@H](O)[C@H](O)CO. The molecule has 0 aliphatic carbocycles. The molecule has 0 bridgehead atoms. The van der Waals surface area contributed by atoms with Crippen molar-refractivity contribution in [3.05, 3.63) is 10.4 Å². The van der Waals surface area contributed by atoms with E-state index >= 15 is 0 Å². The molecule has 1 aliphatic heterocycles. The second-order valence-corrected chi connectivity index (χ2v) is 6.43. The number of azide groups is 1. The van der Waals surface area contributed by atoms with E-state index in [-0.39, 0.29) is 0 Å². The van der Waals surface area contributed by atoms with Crippen LogP contribution in [-0.2, 0) is 14.1 Å². The van der Waals surface area contributed by atoms with E-state index in [0.29, 0.717) is 0 Å². The lowest BCUT2D eigenvalue weighted by atomic mass is 9.83. The van der Waals surface area contributed by atoms with E-state index in [1.54, 1.807) is 0 Å². The number of rotatable bonds is 8. The maximum atomic E-state index is 11.5. The predicted octanol–water partition coefficient (Wildman–Crippen LogP) is -3.09. The van der Waals surface area contributed by atoms with Crippen LogP contribution < -0.4 is 5.32 Å². The Labute approximate surface area is 148 Å². The molecule has 14 nitrogen and oxygen atoms in total. The van der Waals surface area contributed by atoms with Crippen molar-refractivity contribution in [2.45, 2.75) is 49.2 Å². The summed E-state index contributed by atoms with van der Waals surface area (Å²) < 4.78 is 9.67. The summed E-state index contributed by atoms with van der Waals surface area (Å²) in [5.41, 5.74) is 6.47. The summed E-state index contributed by atoms with van der Waals surface area (Å²) in [5, 5.41) is 55.1. The Morgan fingerprint density at radius 3 is 2.62 bits per heavy atom. The van der Waals surface area contributed by atoms with Gasteiger partial charge >= 0.3 is 8.60 Å². The molecule has 1 amide bonds. The topological polar surface area (TPSA) is 238 Å². The molecule has 1 rings (SSSR count). The fraction of sp³-hybridized carbons (Fsp3) is 0.909. The standard InChI is InChI=1S/C11H21N4O10P/c1-5(17)13-11(14-15-12)7(19)2-10(21,4-24-26(22)23)25-9(11)8(20)6(18)3-16/h6-9,16,18-23H,2-4H2,1H3,(H,13,17)/t6-,7+,8-,9+,10+,11+/m1/s1. The molecule has 150 valence electrons. The lowest BCUT2D eigenvalue weighted by Crippen LogP contribution is -2.73.